The van der Waals surface area contributed by atoms with Crippen molar-refractivity contribution in [1.29, 1.82) is 0 Å². The number of aryl methyl sites for hydroxylation is 2. The maximum Gasteiger partial charge on any atom is 0.326 e. The summed E-state index contributed by atoms with van der Waals surface area (Å²) in [7, 11) is 0. The van der Waals surface area contributed by atoms with Crippen molar-refractivity contribution in [3.8, 4) is 5.75 Å². The molecule has 22 heavy (non-hydrogen) atoms. The number of ether oxygens (including phenoxy) is 1. The lowest BCUT2D eigenvalue weighted by molar-refractivity contribution is -0.142. The molecule has 0 aromatic heterocycles. The molecule has 5 nitrogen and oxygen atoms in total. The molecule has 1 aliphatic heterocycles. The van der Waals surface area contributed by atoms with E-state index in [1.165, 1.54) is 0 Å². The minimum atomic E-state index is -0.999. The van der Waals surface area contributed by atoms with Gasteiger partial charge >= 0.3 is 5.97 Å². The van der Waals surface area contributed by atoms with Crippen LogP contribution in [-0.4, -0.2) is 29.6 Å². The molecular weight excluding hydrogens is 282 g/mol. The number of carboxylic acid groups (broad SMARTS) is 1. The van der Waals surface area contributed by atoms with E-state index in [1.807, 2.05) is 39.8 Å². The maximum absolute atomic E-state index is 12.4. The van der Waals surface area contributed by atoms with Crippen LogP contribution >= 0.6 is 0 Å². The molecule has 0 aliphatic carbocycles. The predicted molar refractivity (Wildman–Crippen MR) is 83.2 cm³/mol. The van der Waals surface area contributed by atoms with Crippen molar-refractivity contribution in [2.24, 2.45) is 5.92 Å². The van der Waals surface area contributed by atoms with Crippen LogP contribution in [0.4, 0.5) is 0 Å². The van der Waals surface area contributed by atoms with Gasteiger partial charge in [-0.15, -0.1) is 0 Å². The van der Waals surface area contributed by atoms with Crippen LogP contribution < -0.4 is 10.1 Å². The first-order valence-corrected chi connectivity index (χ1v) is 7.56. The van der Waals surface area contributed by atoms with Gasteiger partial charge in [0.05, 0.1) is 0 Å². The number of aliphatic carboxylic acids is 1. The van der Waals surface area contributed by atoms with Crippen molar-refractivity contribution in [3.05, 3.63) is 28.8 Å². The Kier molecular flexibility index (Phi) is 4.74. The molecular formula is C17H23NO4. The second-order valence-electron chi connectivity index (χ2n) is 6.37. The van der Waals surface area contributed by atoms with Gasteiger partial charge in [0.15, 0.2) is 0 Å². The Morgan fingerprint density at radius 3 is 2.55 bits per heavy atom. The quantitative estimate of drug-likeness (QED) is 0.876. The highest BCUT2D eigenvalue weighted by molar-refractivity contribution is 5.89. The number of carboxylic acids is 1. The van der Waals surface area contributed by atoms with Crippen molar-refractivity contribution >= 4 is 11.9 Å². The summed E-state index contributed by atoms with van der Waals surface area (Å²) in [5.41, 5.74) is 3.05. The van der Waals surface area contributed by atoms with E-state index >= 15 is 0 Å². The minimum Gasteiger partial charge on any atom is -0.492 e. The van der Waals surface area contributed by atoms with Gasteiger partial charge in [-0.25, -0.2) is 4.79 Å². The molecule has 1 unspecified atom stereocenters. The largest absolute Gasteiger partial charge is 0.492 e. The number of hydrogen-bond donors (Lipinski definition) is 2. The van der Waals surface area contributed by atoms with Crippen molar-refractivity contribution in [1.82, 2.24) is 5.32 Å². The first-order valence-electron chi connectivity index (χ1n) is 7.56. The summed E-state index contributed by atoms with van der Waals surface area (Å²) in [4.78, 5) is 23.7. The van der Waals surface area contributed by atoms with Gasteiger partial charge in [0.2, 0.25) is 5.91 Å². The van der Waals surface area contributed by atoms with Crippen LogP contribution in [0.25, 0.3) is 0 Å². The third kappa shape index (κ3) is 3.40. The molecule has 0 saturated heterocycles. The minimum absolute atomic E-state index is 0.193. The van der Waals surface area contributed by atoms with E-state index in [-0.39, 0.29) is 18.4 Å². The number of hydrogen-bond acceptors (Lipinski definition) is 3. The summed E-state index contributed by atoms with van der Waals surface area (Å²) in [6, 6.07) is 3.03. The van der Waals surface area contributed by atoms with Gasteiger partial charge in [0, 0.05) is 5.56 Å². The number of benzene rings is 1. The highest BCUT2D eigenvalue weighted by Crippen LogP contribution is 2.36. The van der Waals surface area contributed by atoms with Gasteiger partial charge < -0.3 is 15.2 Å². The van der Waals surface area contributed by atoms with E-state index in [9.17, 15) is 14.7 Å². The highest BCUT2D eigenvalue weighted by Gasteiger charge is 2.33. The first kappa shape index (κ1) is 16.3. The second-order valence-corrected chi connectivity index (χ2v) is 6.37. The van der Waals surface area contributed by atoms with E-state index in [1.54, 1.807) is 0 Å². The predicted octanol–water partition coefficient (Wildman–Crippen LogP) is 2.39. The zero-order valence-corrected chi connectivity index (χ0v) is 13.5. The standard InChI is InChI=1S/C17H23NO4/c1-9(2)5-14(17(20)21)18-16(19)13-8-22-15-7-11(4)10(3)6-12(13)15/h6-7,9,13-14H,5,8H2,1-4H3,(H,18,19)(H,20,21)/t13?,14-/m0/s1. The van der Waals surface area contributed by atoms with Crippen molar-refractivity contribution in [2.45, 2.75) is 46.1 Å². The lowest BCUT2D eigenvalue weighted by atomic mass is 9.95. The number of nitrogens with one attached hydrogen (secondary N) is 1. The molecule has 0 bridgehead atoms. The fourth-order valence-electron chi connectivity index (χ4n) is 2.65. The van der Waals surface area contributed by atoms with Gasteiger partial charge in [0.1, 0.15) is 24.3 Å². The van der Waals surface area contributed by atoms with Crippen molar-refractivity contribution in [3.63, 3.8) is 0 Å². The van der Waals surface area contributed by atoms with Crippen LogP contribution in [0.2, 0.25) is 0 Å². The highest BCUT2D eigenvalue weighted by atomic mass is 16.5. The zero-order valence-electron chi connectivity index (χ0n) is 13.5. The molecule has 0 spiro atoms. The molecule has 2 atom stereocenters. The number of rotatable bonds is 5. The number of fused-ring (bicyclic) bond motifs is 1. The molecule has 120 valence electrons. The molecule has 1 aromatic rings. The van der Waals surface area contributed by atoms with E-state index < -0.39 is 17.9 Å². The maximum atomic E-state index is 12.4. The number of carbonyl (C=O) groups excluding carboxylic acids is 1. The van der Waals surface area contributed by atoms with Crippen LogP contribution in [0.5, 0.6) is 5.75 Å². The van der Waals surface area contributed by atoms with Crippen LogP contribution in [0.3, 0.4) is 0 Å². The number of carbonyl (C=O) groups is 2. The van der Waals surface area contributed by atoms with E-state index in [0.29, 0.717) is 6.42 Å². The molecule has 1 aliphatic rings. The summed E-state index contributed by atoms with van der Waals surface area (Å²) >= 11 is 0. The third-order valence-corrected chi connectivity index (χ3v) is 4.05. The lowest BCUT2D eigenvalue weighted by Crippen LogP contribution is -2.44. The van der Waals surface area contributed by atoms with Gasteiger partial charge in [-0.1, -0.05) is 19.9 Å². The molecule has 1 amide bonds. The Balaban J connectivity index is 2.15. The van der Waals surface area contributed by atoms with Gasteiger partial charge in [-0.3, -0.25) is 4.79 Å². The van der Waals surface area contributed by atoms with Crippen molar-refractivity contribution in [2.75, 3.05) is 6.61 Å². The van der Waals surface area contributed by atoms with Crippen LogP contribution in [0.1, 0.15) is 42.9 Å². The average molecular weight is 305 g/mol. The molecule has 2 N–H and O–H groups in total. The summed E-state index contributed by atoms with van der Waals surface area (Å²) in [5, 5.41) is 11.9. The molecule has 0 radical (unpaired) electrons. The lowest BCUT2D eigenvalue weighted by Gasteiger charge is -2.18. The Labute approximate surface area is 130 Å². The molecule has 5 heteroatoms. The molecule has 0 fully saturated rings. The normalized spacial score (nSPS) is 17.8. The fourth-order valence-corrected chi connectivity index (χ4v) is 2.65. The Bertz CT molecular complexity index is 595. The van der Waals surface area contributed by atoms with Gasteiger partial charge in [-0.05, 0) is 43.4 Å². The molecule has 0 saturated carbocycles. The fraction of sp³-hybridized carbons (Fsp3) is 0.529. The van der Waals surface area contributed by atoms with E-state index in [4.69, 9.17) is 4.74 Å². The summed E-state index contributed by atoms with van der Waals surface area (Å²) in [5.74, 6) is -0.808. The van der Waals surface area contributed by atoms with Gasteiger partial charge in [-0.2, -0.15) is 0 Å². The zero-order chi connectivity index (χ0) is 16.4. The smallest absolute Gasteiger partial charge is 0.326 e. The van der Waals surface area contributed by atoms with E-state index in [2.05, 4.69) is 5.32 Å². The molecule has 2 rings (SSSR count). The molecule has 1 aromatic carbocycles. The Morgan fingerprint density at radius 1 is 1.32 bits per heavy atom. The summed E-state index contributed by atoms with van der Waals surface area (Å²) in [6.45, 7) is 8.11. The summed E-state index contributed by atoms with van der Waals surface area (Å²) in [6.07, 6.45) is 0.411. The van der Waals surface area contributed by atoms with E-state index in [0.717, 1.165) is 22.4 Å². The summed E-state index contributed by atoms with van der Waals surface area (Å²) < 4.78 is 5.58. The Hall–Kier alpha value is -2.04. The second kappa shape index (κ2) is 6.38. The van der Waals surface area contributed by atoms with Crippen LogP contribution in [0.15, 0.2) is 12.1 Å². The number of amides is 1. The Morgan fingerprint density at radius 2 is 1.95 bits per heavy atom. The average Bonchev–Trinajstić information content (AvgIpc) is 2.80. The SMILES string of the molecule is Cc1cc2c(cc1C)C(C(=O)N[C@@H](CC(C)C)C(=O)O)CO2. The monoisotopic (exact) mass is 305 g/mol. The van der Waals surface area contributed by atoms with Crippen LogP contribution in [0, 0.1) is 19.8 Å². The van der Waals surface area contributed by atoms with Crippen molar-refractivity contribution < 1.29 is 19.4 Å². The third-order valence-electron chi connectivity index (χ3n) is 4.05. The topological polar surface area (TPSA) is 75.6 Å². The first-order chi connectivity index (χ1) is 10.3. The molecule has 1 heterocycles. The van der Waals surface area contributed by atoms with Gasteiger partial charge in [0.25, 0.3) is 0 Å². The van der Waals surface area contributed by atoms with Crippen LogP contribution in [-0.2, 0) is 9.59 Å².